The molecule has 0 unspecified atom stereocenters. The average Bonchev–Trinajstić information content (AvgIpc) is 2.60. The molecule has 2 aromatic carbocycles. The molecule has 1 saturated heterocycles. The van der Waals surface area contributed by atoms with Crippen LogP contribution in [0.2, 0.25) is 10.0 Å². The summed E-state index contributed by atoms with van der Waals surface area (Å²) in [5.41, 5.74) is 1.04. The maximum atomic E-state index is 13.9. The number of hydrogen-bond donors (Lipinski definition) is 1. The van der Waals surface area contributed by atoms with Gasteiger partial charge in [0.2, 0.25) is 5.91 Å². The minimum Gasteiger partial charge on any atom is -0.367 e. The van der Waals surface area contributed by atoms with Gasteiger partial charge in [0, 0.05) is 26.2 Å². The van der Waals surface area contributed by atoms with Crippen LogP contribution in [0, 0.1) is 5.82 Å². The Hall–Kier alpha value is -1.82. The Morgan fingerprint density at radius 1 is 1.00 bits per heavy atom. The summed E-state index contributed by atoms with van der Waals surface area (Å²) in [5, 5.41) is 3.57. The van der Waals surface area contributed by atoms with Gasteiger partial charge in [0.1, 0.15) is 5.82 Å². The van der Waals surface area contributed by atoms with Crippen molar-refractivity contribution < 1.29 is 9.18 Å². The molecule has 0 spiro atoms. The number of benzene rings is 2. The Bertz CT molecular complexity index is 743. The number of anilines is 2. The van der Waals surface area contributed by atoms with E-state index in [4.69, 9.17) is 23.2 Å². The van der Waals surface area contributed by atoms with Crippen molar-refractivity contribution in [2.75, 3.05) is 42.9 Å². The van der Waals surface area contributed by atoms with Crippen LogP contribution in [0.25, 0.3) is 0 Å². The van der Waals surface area contributed by atoms with Gasteiger partial charge in [0.25, 0.3) is 0 Å². The predicted molar refractivity (Wildman–Crippen MR) is 100 cm³/mol. The van der Waals surface area contributed by atoms with E-state index in [1.165, 1.54) is 6.07 Å². The fraction of sp³-hybridized carbons (Fsp3) is 0.278. The number of rotatable bonds is 4. The second-order valence-electron chi connectivity index (χ2n) is 5.86. The first kappa shape index (κ1) is 18.0. The van der Waals surface area contributed by atoms with Crippen molar-refractivity contribution in [3.05, 3.63) is 58.3 Å². The molecule has 3 rings (SSSR count). The molecule has 0 radical (unpaired) electrons. The van der Waals surface area contributed by atoms with E-state index in [0.29, 0.717) is 47.6 Å². The van der Waals surface area contributed by atoms with Crippen molar-refractivity contribution >= 4 is 40.5 Å². The Kier molecular flexibility index (Phi) is 5.78. The van der Waals surface area contributed by atoms with E-state index in [9.17, 15) is 9.18 Å². The number of hydrogen-bond acceptors (Lipinski definition) is 3. The van der Waals surface area contributed by atoms with Gasteiger partial charge in [0.05, 0.1) is 28.0 Å². The summed E-state index contributed by atoms with van der Waals surface area (Å²) in [6, 6.07) is 11.8. The van der Waals surface area contributed by atoms with E-state index >= 15 is 0 Å². The largest absolute Gasteiger partial charge is 0.367 e. The summed E-state index contributed by atoms with van der Waals surface area (Å²) in [6.45, 7) is 2.94. The molecule has 132 valence electrons. The SMILES string of the molecule is O=C(CN1CCN(c2ccccc2F)CC1)Nc1c(Cl)cccc1Cl. The standard InChI is InChI=1S/C18H18Cl2FN3O/c19-13-4-3-5-14(20)18(13)22-17(25)12-23-8-10-24(11-9-23)16-7-2-1-6-15(16)21/h1-7H,8-12H2,(H,22,25). The van der Waals surface area contributed by atoms with E-state index in [1.807, 2.05) is 15.9 Å². The highest BCUT2D eigenvalue weighted by Gasteiger charge is 2.21. The zero-order valence-electron chi connectivity index (χ0n) is 13.5. The molecule has 1 aliphatic heterocycles. The second kappa shape index (κ2) is 8.04. The fourth-order valence-corrected chi connectivity index (χ4v) is 3.35. The van der Waals surface area contributed by atoms with Crippen molar-refractivity contribution in [1.82, 2.24) is 4.90 Å². The summed E-state index contributed by atoms with van der Waals surface area (Å²) in [5.74, 6) is -0.392. The molecule has 0 aliphatic carbocycles. The fourth-order valence-electron chi connectivity index (χ4n) is 2.85. The highest BCUT2D eigenvalue weighted by molar-refractivity contribution is 6.39. The summed E-state index contributed by atoms with van der Waals surface area (Å²) in [7, 11) is 0. The van der Waals surface area contributed by atoms with Crippen LogP contribution in [-0.4, -0.2) is 43.5 Å². The predicted octanol–water partition coefficient (Wildman–Crippen LogP) is 3.89. The number of carbonyl (C=O) groups excluding carboxylic acids is 1. The summed E-state index contributed by atoms with van der Waals surface area (Å²) in [6.07, 6.45) is 0. The molecular weight excluding hydrogens is 364 g/mol. The van der Waals surface area contributed by atoms with Gasteiger partial charge in [-0.05, 0) is 24.3 Å². The molecule has 1 fully saturated rings. The number of carbonyl (C=O) groups is 1. The van der Waals surface area contributed by atoms with Crippen LogP contribution in [0.4, 0.5) is 15.8 Å². The summed E-state index contributed by atoms with van der Waals surface area (Å²) >= 11 is 12.1. The molecular formula is C18H18Cl2FN3O. The maximum Gasteiger partial charge on any atom is 0.238 e. The van der Waals surface area contributed by atoms with Crippen LogP contribution in [0.15, 0.2) is 42.5 Å². The molecule has 1 amide bonds. The lowest BCUT2D eigenvalue weighted by molar-refractivity contribution is -0.117. The molecule has 0 aromatic heterocycles. The van der Waals surface area contributed by atoms with E-state index in [0.717, 1.165) is 0 Å². The first-order chi connectivity index (χ1) is 12.0. The molecule has 25 heavy (non-hydrogen) atoms. The molecule has 1 N–H and O–H groups in total. The lowest BCUT2D eigenvalue weighted by Gasteiger charge is -2.35. The van der Waals surface area contributed by atoms with Crippen LogP contribution in [0.5, 0.6) is 0 Å². The van der Waals surface area contributed by atoms with Crippen LogP contribution in [-0.2, 0) is 4.79 Å². The highest BCUT2D eigenvalue weighted by atomic mass is 35.5. The van der Waals surface area contributed by atoms with E-state index in [1.54, 1.807) is 30.3 Å². The Labute approximate surface area is 156 Å². The number of para-hydroxylation sites is 2. The van der Waals surface area contributed by atoms with Gasteiger partial charge in [-0.25, -0.2) is 4.39 Å². The normalized spacial score (nSPS) is 15.2. The zero-order valence-corrected chi connectivity index (χ0v) is 15.0. The quantitative estimate of drug-likeness (QED) is 0.872. The first-order valence-corrected chi connectivity index (χ1v) is 8.76. The van der Waals surface area contributed by atoms with Gasteiger partial charge >= 0.3 is 0 Å². The molecule has 4 nitrogen and oxygen atoms in total. The van der Waals surface area contributed by atoms with Gasteiger partial charge in [-0.3, -0.25) is 9.69 Å². The molecule has 7 heteroatoms. The lowest BCUT2D eigenvalue weighted by atomic mass is 10.2. The minimum absolute atomic E-state index is 0.172. The minimum atomic E-state index is -0.220. The van der Waals surface area contributed by atoms with Crippen molar-refractivity contribution in [2.24, 2.45) is 0 Å². The second-order valence-corrected chi connectivity index (χ2v) is 6.67. The Morgan fingerprint density at radius 2 is 1.64 bits per heavy atom. The van der Waals surface area contributed by atoms with Crippen LogP contribution < -0.4 is 10.2 Å². The smallest absolute Gasteiger partial charge is 0.238 e. The van der Waals surface area contributed by atoms with Gasteiger partial charge in [-0.15, -0.1) is 0 Å². The van der Waals surface area contributed by atoms with Gasteiger partial charge in [0.15, 0.2) is 0 Å². The molecule has 0 atom stereocenters. The maximum absolute atomic E-state index is 13.9. The van der Waals surface area contributed by atoms with Crippen molar-refractivity contribution in [3.63, 3.8) is 0 Å². The monoisotopic (exact) mass is 381 g/mol. The van der Waals surface area contributed by atoms with Gasteiger partial charge in [-0.1, -0.05) is 41.4 Å². The topological polar surface area (TPSA) is 35.6 Å². The van der Waals surface area contributed by atoms with Crippen LogP contribution >= 0.6 is 23.2 Å². The summed E-state index contributed by atoms with van der Waals surface area (Å²) in [4.78, 5) is 16.3. The van der Waals surface area contributed by atoms with Crippen molar-refractivity contribution in [2.45, 2.75) is 0 Å². The Morgan fingerprint density at radius 3 is 2.28 bits per heavy atom. The number of nitrogens with one attached hydrogen (secondary N) is 1. The first-order valence-electron chi connectivity index (χ1n) is 8.00. The molecule has 1 heterocycles. The van der Waals surface area contributed by atoms with Crippen molar-refractivity contribution in [3.8, 4) is 0 Å². The number of piperazine rings is 1. The van der Waals surface area contributed by atoms with E-state index in [2.05, 4.69) is 5.32 Å². The number of halogens is 3. The molecule has 0 saturated carbocycles. The Balaban J connectivity index is 1.54. The van der Waals surface area contributed by atoms with Gasteiger partial charge in [-0.2, -0.15) is 0 Å². The van der Waals surface area contributed by atoms with Crippen molar-refractivity contribution in [1.29, 1.82) is 0 Å². The molecule has 2 aromatic rings. The van der Waals surface area contributed by atoms with Crippen LogP contribution in [0.1, 0.15) is 0 Å². The lowest BCUT2D eigenvalue weighted by Crippen LogP contribution is -2.48. The summed E-state index contributed by atoms with van der Waals surface area (Å²) < 4.78 is 13.9. The van der Waals surface area contributed by atoms with Crippen LogP contribution in [0.3, 0.4) is 0 Å². The number of amides is 1. The third-order valence-corrected chi connectivity index (χ3v) is 4.79. The average molecular weight is 382 g/mol. The van der Waals surface area contributed by atoms with E-state index < -0.39 is 0 Å². The zero-order chi connectivity index (χ0) is 17.8. The third kappa shape index (κ3) is 4.42. The number of nitrogens with zero attached hydrogens (tertiary/aromatic N) is 2. The highest BCUT2D eigenvalue weighted by Crippen LogP contribution is 2.29. The van der Waals surface area contributed by atoms with Gasteiger partial charge < -0.3 is 10.2 Å². The third-order valence-electron chi connectivity index (χ3n) is 4.16. The molecule has 1 aliphatic rings. The molecule has 0 bridgehead atoms. The van der Waals surface area contributed by atoms with E-state index in [-0.39, 0.29) is 18.3 Å².